The van der Waals surface area contributed by atoms with Gasteiger partial charge >= 0.3 is 5.97 Å². The van der Waals surface area contributed by atoms with Crippen molar-refractivity contribution in [3.8, 4) is 0 Å². The standard InChI is InChI=1S/C11H11N3O3/c1-7-4-8(17-14-7)5-13-10-6-12-3-2-9(10)11(15)16/h2-4,6,13H,5H2,1H3,(H,15,16). The zero-order valence-corrected chi connectivity index (χ0v) is 9.17. The van der Waals surface area contributed by atoms with Crippen LogP contribution in [0.5, 0.6) is 0 Å². The highest BCUT2D eigenvalue weighted by Gasteiger charge is 2.09. The maximum Gasteiger partial charge on any atom is 0.337 e. The number of aryl methyl sites for hydroxylation is 1. The monoisotopic (exact) mass is 233 g/mol. The lowest BCUT2D eigenvalue weighted by Gasteiger charge is -2.06. The van der Waals surface area contributed by atoms with Gasteiger partial charge in [0, 0.05) is 12.3 Å². The number of anilines is 1. The zero-order chi connectivity index (χ0) is 12.3. The van der Waals surface area contributed by atoms with Gasteiger partial charge in [-0.05, 0) is 13.0 Å². The molecule has 0 fully saturated rings. The van der Waals surface area contributed by atoms with Crippen molar-refractivity contribution < 1.29 is 14.4 Å². The van der Waals surface area contributed by atoms with Crippen molar-refractivity contribution in [3.05, 3.63) is 41.5 Å². The van der Waals surface area contributed by atoms with E-state index in [-0.39, 0.29) is 5.56 Å². The van der Waals surface area contributed by atoms with Crippen LogP contribution in [0.25, 0.3) is 0 Å². The first kappa shape index (κ1) is 11.1. The Hall–Kier alpha value is -2.37. The van der Waals surface area contributed by atoms with Crippen molar-refractivity contribution in [1.29, 1.82) is 0 Å². The minimum atomic E-state index is -0.997. The van der Waals surface area contributed by atoms with Gasteiger partial charge in [-0.1, -0.05) is 5.16 Å². The van der Waals surface area contributed by atoms with Crippen LogP contribution in [0.4, 0.5) is 5.69 Å². The van der Waals surface area contributed by atoms with Crippen LogP contribution in [0.3, 0.4) is 0 Å². The van der Waals surface area contributed by atoms with E-state index in [2.05, 4.69) is 15.5 Å². The highest BCUT2D eigenvalue weighted by molar-refractivity contribution is 5.93. The summed E-state index contributed by atoms with van der Waals surface area (Å²) in [5.74, 6) is -0.355. The molecule has 0 spiro atoms. The van der Waals surface area contributed by atoms with Gasteiger partial charge in [-0.3, -0.25) is 4.98 Å². The Morgan fingerprint density at radius 3 is 3.06 bits per heavy atom. The van der Waals surface area contributed by atoms with Gasteiger partial charge in [0.2, 0.25) is 0 Å². The van der Waals surface area contributed by atoms with Crippen LogP contribution < -0.4 is 5.32 Å². The summed E-state index contributed by atoms with van der Waals surface area (Å²) in [4.78, 5) is 14.8. The lowest BCUT2D eigenvalue weighted by molar-refractivity contribution is 0.0697. The van der Waals surface area contributed by atoms with Crippen molar-refractivity contribution >= 4 is 11.7 Å². The summed E-state index contributed by atoms with van der Waals surface area (Å²) in [6.45, 7) is 2.19. The molecule has 0 amide bonds. The summed E-state index contributed by atoms with van der Waals surface area (Å²) in [5.41, 5.74) is 1.41. The first-order valence-corrected chi connectivity index (χ1v) is 5.00. The van der Waals surface area contributed by atoms with E-state index in [1.54, 1.807) is 6.07 Å². The third kappa shape index (κ3) is 2.60. The SMILES string of the molecule is Cc1cc(CNc2cnccc2C(=O)O)on1. The lowest BCUT2D eigenvalue weighted by Crippen LogP contribution is -2.06. The number of aromatic nitrogens is 2. The molecule has 0 aliphatic heterocycles. The molecule has 0 aliphatic carbocycles. The van der Waals surface area contributed by atoms with Gasteiger partial charge in [0.1, 0.15) is 0 Å². The van der Waals surface area contributed by atoms with Crippen LogP contribution in [-0.2, 0) is 6.54 Å². The van der Waals surface area contributed by atoms with Crippen LogP contribution in [0, 0.1) is 6.92 Å². The maximum atomic E-state index is 10.9. The normalized spacial score (nSPS) is 10.2. The molecule has 0 saturated heterocycles. The van der Waals surface area contributed by atoms with Gasteiger partial charge in [0.05, 0.1) is 29.7 Å². The smallest absolute Gasteiger partial charge is 0.337 e. The minimum absolute atomic E-state index is 0.177. The van der Waals surface area contributed by atoms with E-state index in [0.29, 0.717) is 18.0 Å². The first-order chi connectivity index (χ1) is 8.16. The van der Waals surface area contributed by atoms with Crippen LogP contribution in [0.2, 0.25) is 0 Å². The second kappa shape index (κ2) is 4.65. The summed E-state index contributed by atoms with van der Waals surface area (Å²) in [6, 6.07) is 3.22. The Kier molecular flexibility index (Phi) is 3.04. The van der Waals surface area contributed by atoms with Gasteiger partial charge < -0.3 is 14.9 Å². The molecular weight excluding hydrogens is 222 g/mol. The number of carboxylic acid groups (broad SMARTS) is 1. The average Bonchev–Trinajstić information content (AvgIpc) is 2.73. The predicted octanol–water partition coefficient (Wildman–Crippen LogP) is 1.69. The van der Waals surface area contributed by atoms with Gasteiger partial charge in [-0.15, -0.1) is 0 Å². The fraction of sp³-hybridized carbons (Fsp3) is 0.182. The van der Waals surface area contributed by atoms with Gasteiger partial charge in [-0.25, -0.2) is 4.79 Å². The van der Waals surface area contributed by atoms with Crippen molar-refractivity contribution in [2.24, 2.45) is 0 Å². The van der Waals surface area contributed by atoms with Crippen molar-refractivity contribution in [2.45, 2.75) is 13.5 Å². The quantitative estimate of drug-likeness (QED) is 0.835. The number of rotatable bonds is 4. The fourth-order valence-corrected chi connectivity index (χ4v) is 1.40. The summed E-state index contributed by atoms with van der Waals surface area (Å²) in [7, 11) is 0. The third-order valence-corrected chi connectivity index (χ3v) is 2.18. The molecular formula is C11H11N3O3. The number of hydrogen-bond donors (Lipinski definition) is 2. The molecule has 2 rings (SSSR count). The highest BCUT2D eigenvalue weighted by atomic mass is 16.5. The molecule has 2 aromatic heterocycles. The molecule has 0 atom stereocenters. The molecule has 0 unspecified atom stereocenters. The number of nitrogens with one attached hydrogen (secondary N) is 1. The van der Waals surface area contributed by atoms with Gasteiger partial charge in [0.15, 0.2) is 5.76 Å². The molecule has 17 heavy (non-hydrogen) atoms. The van der Waals surface area contributed by atoms with E-state index in [1.165, 1.54) is 18.5 Å². The highest BCUT2D eigenvalue weighted by Crippen LogP contribution is 2.14. The molecule has 0 saturated carbocycles. The van der Waals surface area contributed by atoms with E-state index < -0.39 is 5.97 Å². The zero-order valence-electron chi connectivity index (χ0n) is 9.17. The lowest BCUT2D eigenvalue weighted by atomic mass is 10.2. The number of pyridine rings is 1. The molecule has 2 aromatic rings. The van der Waals surface area contributed by atoms with Crippen molar-refractivity contribution in [2.75, 3.05) is 5.32 Å². The molecule has 88 valence electrons. The van der Waals surface area contributed by atoms with Crippen LogP contribution in [-0.4, -0.2) is 21.2 Å². The number of nitrogens with zero attached hydrogens (tertiary/aromatic N) is 2. The number of carboxylic acids is 1. The van der Waals surface area contributed by atoms with E-state index >= 15 is 0 Å². The molecule has 6 heteroatoms. The Morgan fingerprint density at radius 2 is 2.41 bits per heavy atom. The van der Waals surface area contributed by atoms with Gasteiger partial charge in [-0.2, -0.15) is 0 Å². The Bertz CT molecular complexity index is 536. The summed E-state index contributed by atoms with van der Waals surface area (Å²) in [6.07, 6.45) is 2.90. The van der Waals surface area contributed by atoms with E-state index in [1.807, 2.05) is 6.92 Å². The topological polar surface area (TPSA) is 88.2 Å². The molecule has 2 N–H and O–H groups in total. The Balaban J connectivity index is 2.11. The molecule has 0 radical (unpaired) electrons. The van der Waals surface area contributed by atoms with Crippen LogP contribution in [0.1, 0.15) is 21.8 Å². The summed E-state index contributed by atoms with van der Waals surface area (Å²) < 4.78 is 5.01. The second-order valence-corrected chi connectivity index (χ2v) is 3.51. The van der Waals surface area contributed by atoms with Gasteiger partial charge in [0.25, 0.3) is 0 Å². The second-order valence-electron chi connectivity index (χ2n) is 3.51. The largest absolute Gasteiger partial charge is 0.478 e. The summed E-state index contributed by atoms with van der Waals surface area (Å²) >= 11 is 0. The minimum Gasteiger partial charge on any atom is -0.478 e. The van der Waals surface area contributed by atoms with E-state index in [0.717, 1.165) is 5.69 Å². The molecule has 2 heterocycles. The molecule has 0 bridgehead atoms. The van der Waals surface area contributed by atoms with Crippen molar-refractivity contribution in [3.63, 3.8) is 0 Å². The van der Waals surface area contributed by atoms with Crippen LogP contribution >= 0.6 is 0 Å². The molecule has 6 nitrogen and oxygen atoms in total. The predicted molar refractivity (Wildman–Crippen MR) is 59.8 cm³/mol. The number of aromatic carboxylic acids is 1. The van der Waals surface area contributed by atoms with E-state index in [4.69, 9.17) is 9.63 Å². The maximum absolute atomic E-state index is 10.9. The summed E-state index contributed by atoms with van der Waals surface area (Å²) in [5, 5.41) is 15.7. The molecule has 0 aromatic carbocycles. The van der Waals surface area contributed by atoms with Crippen LogP contribution in [0.15, 0.2) is 29.0 Å². The number of carbonyl (C=O) groups is 1. The Morgan fingerprint density at radius 1 is 1.59 bits per heavy atom. The van der Waals surface area contributed by atoms with E-state index in [9.17, 15) is 4.79 Å². The first-order valence-electron chi connectivity index (χ1n) is 5.00. The van der Waals surface area contributed by atoms with Crippen molar-refractivity contribution in [1.82, 2.24) is 10.1 Å². The molecule has 0 aliphatic rings. The fourth-order valence-electron chi connectivity index (χ4n) is 1.40. The number of hydrogen-bond acceptors (Lipinski definition) is 5. The third-order valence-electron chi connectivity index (χ3n) is 2.18. The Labute approximate surface area is 97.3 Å². The average molecular weight is 233 g/mol.